The summed E-state index contributed by atoms with van der Waals surface area (Å²) < 4.78 is 12.6. The van der Waals surface area contributed by atoms with Crippen LogP contribution in [-0.2, 0) is 7.05 Å². The molecule has 3 aromatic rings. The number of nitrogens with zero attached hydrogens (tertiary/aromatic N) is 2. The van der Waals surface area contributed by atoms with Crippen LogP contribution in [0.3, 0.4) is 0 Å². The van der Waals surface area contributed by atoms with E-state index in [-0.39, 0.29) is 5.91 Å². The lowest BCUT2D eigenvalue weighted by Crippen LogP contribution is -2.31. The Morgan fingerprint density at radius 2 is 1.75 bits per heavy atom. The van der Waals surface area contributed by atoms with Gasteiger partial charge in [0.15, 0.2) is 0 Å². The fraction of sp³-hybridized carbons (Fsp3) is 0.200. The van der Waals surface area contributed by atoms with Crippen molar-refractivity contribution in [2.24, 2.45) is 7.05 Å². The zero-order chi connectivity index (χ0) is 20.3. The molecule has 0 radical (unpaired) electrons. The number of amides is 1. The van der Waals surface area contributed by atoms with Gasteiger partial charge in [-0.2, -0.15) is 0 Å². The molecule has 1 amide bonds. The third-order valence-corrected chi connectivity index (χ3v) is 5.02. The fourth-order valence-electron chi connectivity index (χ4n) is 2.80. The van der Waals surface area contributed by atoms with E-state index in [1.807, 2.05) is 29.9 Å². The Hall–Kier alpha value is -2.70. The van der Waals surface area contributed by atoms with Gasteiger partial charge in [-0.25, -0.2) is 4.98 Å². The monoisotopic (exact) mass is 419 g/mol. The van der Waals surface area contributed by atoms with Crippen molar-refractivity contribution in [1.29, 1.82) is 0 Å². The maximum Gasteiger partial charge on any atom is 0.252 e. The molecule has 0 unspecified atom stereocenters. The molecule has 0 aliphatic heterocycles. The summed E-state index contributed by atoms with van der Waals surface area (Å²) in [6.07, 6.45) is 3.48. The molecule has 28 heavy (non-hydrogen) atoms. The van der Waals surface area contributed by atoms with Gasteiger partial charge in [0.2, 0.25) is 0 Å². The molecular formula is C20H19Cl2N3O3. The standard InChI is InChI=1S/C20H19Cl2N3O3/c1-25-7-6-23-19(25)18(13-8-14(27-2)11-15(9-13)28-3)24-20(26)12-4-5-16(21)17(22)10-12/h4-11,18H,1-3H3,(H,24,26)/t18-/m1/s1. The Morgan fingerprint density at radius 1 is 1.07 bits per heavy atom. The Balaban J connectivity index is 2.02. The molecule has 1 aromatic heterocycles. The summed E-state index contributed by atoms with van der Waals surface area (Å²) in [6.45, 7) is 0. The van der Waals surface area contributed by atoms with Crippen LogP contribution in [-0.4, -0.2) is 29.7 Å². The topological polar surface area (TPSA) is 65.4 Å². The molecule has 1 atom stereocenters. The lowest BCUT2D eigenvalue weighted by atomic mass is 10.0. The first-order chi connectivity index (χ1) is 13.4. The van der Waals surface area contributed by atoms with E-state index in [1.165, 1.54) is 6.07 Å². The molecule has 6 nitrogen and oxygen atoms in total. The summed E-state index contributed by atoms with van der Waals surface area (Å²) >= 11 is 12.0. The summed E-state index contributed by atoms with van der Waals surface area (Å²) in [5.74, 6) is 1.56. The Morgan fingerprint density at radius 3 is 2.29 bits per heavy atom. The van der Waals surface area contributed by atoms with Gasteiger partial charge in [-0.3, -0.25) is 4.79 Å². The van der Waals surface area contributed by atoms with E-state index in [0.29, 0.717) is 32.9 Å². The summed E-state index contributed by atoms with van der Waals surface area (Å²) in [4.78, 5) is 17.3. The lowest BCUT2D eigenvalue weighted by Gasteiger charge is -2.20. The smallest absolute Gasteiger partial charge is 0.252 e. The van der Waals surface area contributed by atoms with Crippen molar-refractivity contribution in [3.05, 3.63) is 75.8 Å². The predicted octanol–water partition coefficient (Wildman–Crippen LogP) is 4.26. The molecule has 1 N–H and O–H groups in total. The molecule has 0 saturated carbocycles. The average molecular weight is 420 g/mol. The van der Waals surface area contributed by atoms with Crippen LogP contribution in [0.2, 0.25) is 10.0 Å². The molecule has 0 aliphatic rings. The van der Waals surface area contributed by atoms with E-state index in [1.54, 1.807) is 38.6 Å². The number of methoxy groups -OCH3 is 2. The number of benzene rings is 2. The second kappa shape index (κ2) is 8.54. The number of carbonyl (C=O) groups excluding carboxylic acids is 1. The van der Waals surface area contributed by atoms with E-state index in [2.05, 4.69) is 10.3 Å². The summed E-state index contributed by atoms with van der Waals surface area (Å²) in [6, 6.07) is 9.62. The molecule has 1 heterocycles. The molecule has 8 heteroatoms. The molecule has 0 aliphatic carbocycles. The third-order valence-electron chi connectivity index (χ3n) is 4.28. The summed E-state index contributed by atoms with van der Waals surface area (Å²) in [5, 5.41) is 3.70. The lowest BCUT2D eigenvalue weighted by molar-refractivity contribution is 0.0941. The van der Waals surface area contributed by atoms with Gasteiger partial charge in [0.1, 0.15) is 23.4 Å². The average Bonchev–Trinajstić information content (AvgIpc) is 3.13. The van der Waals surface area contributed by atoms with E-state index in [0.717, 1.165) is 5.56 Å². The number of imidazole rings is 1. The van der Waals surface area contributed by atoms with Gasteiger partial charge in [-0.1, -0.05) is 23.2 Å². The zero-order valence-electron chi connectivity index (χ0n) is 15.6. The normalized spacial score (nSPS) is 11.8. The van der Waals surface area contributed by atoms with Crippen LogP contribution in [0.4, 0.5) is 0 Å². The van der Waals surface area contributed by atoms with Crippen molar-refractivity contribution >= 4 is 29.1 Å². The van der Waals surface area contributed by atoms with Crippen molar-refractivity contribution in [1.82, 2.24) is 14.9 Å². The number of hydrogen-bond donors (Lipinski definition) is 1. The molecule has 0 spiro atoms. The molecule has 3 rings (SSSR count). The van der Waals surface area contributed by atoms with E-state index in [4.69, 9.17) is 32.7 Å². The highest BCUT2D eigenvalue weighted by atomic mass is 35.5. The highest BCUT2D eigenvalue weighted by Crippen LogP contribution is 2.30. The Kier molecular flexibility index (Phi) is 6.11. The maximum atomic E-state index is 12.9. The van der Waals surface area contributed by atoms with Gasteiger partial charge in [0, 0.05) is 31.1 Å². The molecule has 146 valence electrons. The van der Waals surface area contributed by atoms with Crippen molar-refractivity contribution in [2.75, 3.05) is 14.2 Å². The van der Waals surface area contributed by atoms with Gasteiger partial charge in [0.05, 0.1) is 24.3 Å². The maximum absolute atomic E-state index is 12.9. The highest BCUT2D eigenvalue weighted by molar-refractivity contribution is 6.42. The Bertz CT molecular complexity index is 982. The van der Waals surface area contributed by atoms with E-state index >= 15 is 0 Å². The molecule has 0 saturated heterocycles. The van der Waals surface area contributed by atoms with Crippen LogP contribution >= 0.6 is 23.2 Å². The van der Waals surface area contributed by atoms with Crippen molar-refractivity contribution in [3.8, 4) is 11.5 Å². The predicted molar refractivity (Wildman–Crippen MR) is 109 cm³/mol. The number of carbonyl (C=O) groups is 1. The van der Waals surface area contributed by atoms with Gasteiger partial charge >= 0.3 is 0 Å². The number of hydrogen-bond acceptors (Lipinski definition) is 4. The second-order valence-corrected chi connectivity index (χ2v) is 6.89. The number of aromatic nitrogens is 2. The fourth-order valence-corrected chi connectivity index (χ4v) is 3.10. The van der Waals surface area contributed by atoms with Crippen molar-refractivity contribution in [2.45, 2.75) is 6.04 Å². The highest BCUT2D eigenvalue weighted by Gasteiger charge is 2.23. The van der Waals surface area contributed by atoms with Gasteiger partial charge in [0.25, 0.3) is 5.91 Å². The quantitative estimate of drug-likeness (QED) is 0.647. The first-order valence-corrected chi connectivity index (χ1v) is 9.14. The molecule has 0 fully saturated rings. The van der Waals surface area contributed by atoms with E-state index in [9.17, 15) is 4.79 Å². The SMILES string of the molecule is COc1cc(OC)cc([C@@H](NC(=O)c2ccc(Cl)c(Cl)c2)c2nccn2C)c1. The number of nitrogens with one attached hydrogen (secondary N) is 1. The Labute approximate surface area is 173 Å². The minimum atomic E-state index is -0.536. The van der Waals surface area contributed by atoms with Crippen molar-refractivity contribution < 1.29 is 14.3 Å². The van der Waals surface area contributed by atoms with Crippen LogP contribution in [0.25, 0.3) is 0 Å². The largest absolute Gasteiger partial charge is 0.497 e. The number of ether oxygens (including phenoxy) is 2. The molecule has 2 aromatic carbocycles. The minimum absolute atomic E-state index is 0.311. The van der Waals surface area contributed by atoms with Crippen LogP contribution in [0.1, 0.15) is 27.8 Å². The summed E-state index contributed by atoms with van der Waals surface area (Å²) in [5.41, 5.74) is 1.15. The zero-order valence-corrected chi connectivity index (χ0v) is 17.1. The van der Waals surface area contributed by atoms with Crippen LogP contribution in [0, 0.1) is 0 Å². The van der Waals surface area contributed by atoms with Gasteiger partial charge in [-0.15, -0.1) is 0 Å². The van der Waals surface area contributed by atoms with Gasteiger partial charge < -0.3 is 19.4 Å². The number of rotatable bonds is 6. The van der Waals surface area contributed by atoms with Crippen LogP contribution in [0.15, 0.2) is 48.8 Å². The first kappa shape index (κ1) is 20.0. The molecular weight excluding hydrogens is 401 g/mol. The van der Waals surface area contributed by atoms with Gasteiger partial charge in [-0.05, 0) is 35.9 Å². The van der Waals surface area contributed by atoms with E-state index < -0.39 is 6.04 Å². The number of aryl methyl sites for hydroxylation is 1. The molecule has 0 bridgehead atoms. The van der Waals surface area contributed by atoms with Crippen LogP contribution < -0.4 is 14.8 Å². The first-order valence-electron chi connectivity index (χ1n) is 8.39. The number of halogens is 2. The van der Waals surface area contributed by atoms with Crippen molar-refractivity contribution in [3.63, 3.8) is 0 Å². The third kappa shape index (κ3) is 4.24. The summed E-state index contributed by atoms with van der Waals surface area (Å²) in [7, 11) is 5.00. The van der Waals surface area contributed by atoms with Crippen LogP contribution in [0.5, 0.6) is 11.5 Å². The minimum Gasteiger partial charge on any atom is -0.497 e. The second-order valence-electron chi connectivity index (χ2n) is 6.08.